The van der Waals surface area contributed by atoms with Gasteiger partial charge in [0, 0.05) is 23.8 Å². The quantitative estimate of drug-likeness (QED) is 0.788. The number of halogens is 2. The van der Waals surface area contributed by atoms with Gasteiger partial charge in [-0.15, -0.1) is 0 Å². The highest BCUT2D eigenvalue weighted by atomic mass is 79.9. The third-order valence-electron chi connectivity index (χ3n) is 3.63. The van der Waals surface area contributed by atoms with Crippen LogP contribution in [-0.4, -0.2) is 34.9 Å². The highest BCUT2D eigenvalue weighted by molar-refractivity contribution is 9.10. The summed E-state index contributed by atoms with van der Waals surface area (Å²) in [6, 6.07) is 7.01. The third kappa shape index (κ3) is 4.49. The molecule has 1 aromatic heterocycles. The van der Waals surface area contributed by atoms with E-state index in [0.29, 0.717) is 23.0 Å². The van der Waals surface area contributed by atoms with E-state index in [9.17, 15) is 4.79 Å². The monoisotopic (exact) mass is 413 g/mol. The lowest BCUT2D eigenvalue weighted by atomic mass is 10.2. The number of rotatable bonds is 6. The molecule has 1 unspecified atom stereocenters. The van der Waals surface area contributed by atoms with Gasteiger partial charge in [0.25, 0.3) is 5.91 Å². The average Bonchev–Trinajstić information content (AvgIpc) is 3.23. The Morgan fingerprint density at radius 3 is 3.12 bits per heavy atom. The minimum atomic E-state index is -0.217. The van der Waals surface area contributed by atoms with Crippen molar-refractivity contribution < 1.29 is 14.3 Å². The van der Waals surface area contributed by atoms with Crippen LogP contribution in [0.15, 0.2) is 34.9 Å². The van der Waals surface area contributed by atoms with Gasteiger partial charge < -0.3 is 14.8 Å². The maximum Gasteiger partial charge on any atom is 0.271 e. The van der Waals surface area contributed by atoms with Crippen molar-refractivity contribution in [3.8, 4) is 5.75 Å². The van der Waals surface area contributed by atoms with Crippen molar-refractivity contribution in [2.45, 2.75) is 25.7 Å². The van der Waals surface area contributed by atoms with E-state index in [0.717, 1.165) is 23.9 Å². The molecule has 1 aliphatic heterocycles. The van der Waals surface area contributed by atoms with Crippen LogP contribution >= 0.6 is 27.5 Å². The molecule has 1 aromatic carbocycles. The van der Waals surface area contributed by atoms with Gasteiger partial charge in [0.05, 0.1) is 11.1 Å². The maximum absolute atomic E-state index is 12.1. The fourth-order valence-corrected chi connectivity index (χ4v) is 3.11. The van der Waals surface area contributed by atoms with Gasteiger partial charge in [-0.05, 0) is 37.1 Å². The Morgan fingerprint density at radius 2 is 2.38 bits per heavy atom. The zero-order valence-corrected chi connectivity index (χ0v) is 15.2. The number of carbonyl (C=O) groups is 1. The Kier molecular flexibility index (Phi) is 5.76. The molecule has 1 fully saturated rings. The summed E-state index contributed by atoms with van der Waals surface area (Å²) in [5, 5.41) is 7.55. The van der Waals surface area contributed by atoms with Crippen molar-refractivity contribution in [1.29, 1.82) is 0 Å². The summed E-state index contributed by atoms with van der Waals surface area (Å²) in [4.78, 5) is 12.1. The molecule has 24 heavy (non-hydrogen) atoms. The number of aromatic nitrogens is 2. The van der Waals surface area contributed by atoms with Crippen LogP contribution in [0.1, 0.15) is 23.3 Å². The molecule has 0 aliphatic carbocycles. The SMILES string of the molecule is O=C(NCC1CCCO1)c1ccn(COc2ccc(Br)cc2Cl)n1. The summed E-state index contributed by atoms with van der Waals surface area (Å²) < 4.78 is 13.5. The van der Waals surface area contributed by atoms with E-state index in [-0.39, 0.29) is 18.7 Å². The second kappa shape index (κ2) is 8.00. The molecule has 3 rings (SSSR count). The van der Waals surface area contributed by atoms with Gasteiger partial charge in [-0.25, -0.2) is 4.68 Å². The first-order chi connectivity index (χ1) is 11.6. The summed E-state index contributed by atoms with van der Waals surface area (Å²) in [5.74, 6) is 0.339. The highest BCUT2D eigenvalue weighted by Gasteiger charge is 2.17. The Bertz CT molecular complexity index is 716. The van der Waals surface area contributed by atoms with Crippen LogP contribution in [0.4, 0.5) is 0 Å². The first-order valence-electron chi connectivity index (χ1n) is 7.63. The van der Waals surface area contributed by atoms with Crippen LogP contribution < -0.4 is 10.1 Å². The average molecular weight is 415 g/mol. The van der Waals surface area contributed by atoms with Crippen LogP contribution in [0.5, 0.6) is 5.75 Å². The van der Waals surface area contributed by atoms with Crippen LogP contribution in [0.25, 0.3) is 0 Å². The highest BCUT2D eigenvalue weighted by Crippen LogP contribution is 2.27. The first kappa shape index (κ1) is 17.3. The van der Waals surface area contributed by atoms with E-state index in [1.165, 1.54) is 0 Å². The van der Waals surface area contributed by atoms with E-state index in [2.05, 4.69) is 26.3 Å². The first-order valence-corrected chi connectivity index (χ1v) is 8.80. The van der Waals surface area contributed by atoms with E-state index in [1.807, 2.05) is 6.07 Å². The lowest BCUT2D eigenvalue weighted by molar-refractivity contribution is 0.0852. The van der Waals surface area contributed by atoms with Gasteiger partial charge in [0.15, 0.2) is 6.73 Å². The number of hydrogen-bond acceptors (Lipinski definition) is 4. The number of benzene rings is 1. The molecule has 1 aliphatic rings. The van der Waals surface area contributed by atoms with Gasteiger partial charge in [-0.1, -0.05) is 27.5 Å². The smallest absolute Gasteiger partial charge is 0.271 e. The third-order valence-corrected chi connectivity index (χ3v) is 4.42. The molecule has 0 saturated carbocycles. The fraction of sp³-hybridized carbons (Fsp3) is 0.375. The van der Waals surface area contributed by atoms with Gasteiger partial charge in [0.2, 0.25) is 0 Å². The van der Waals surface area contributed by atoms with Crippen molar-refractivity contribution in [3.05, 3.63) is 45.7 Å². The van der Waals surface area contributed by atoms with Crippen LogP contribution in [-0.2, 0) is 11.5 Å². The van der Waals surface area contributed by atoms with Crippen LogP contribution in [0.2, 0.25) is 5.02 Å². The molecular weight excluding hydrogens is 398 g/mol. The number of nitrogens with zero attached hydrogens (tertiary/aromatic N) is 2. The molecule has 1 atom stereocenters. The number of nitrogens with one attached hydrogen (secondary N) is 1. The molecule has 0 bridgehead atoms. The summed E-state index contributed by atoms with van der Waals surface area (Å²) in [6.07, 6.45) is 3.83. The molecule has 8 heteroatoms. The maximum atomic E-state index is 12.1. The van der Waals surface area contributed by atoms with Gasteiger partial charge >= 0.3 is 0 Å². The van der Waals surface area contributed by atoms with E-state index in [1.54, 1.807) is 29.1 Å². The normalized spacial score (nSPS) is 17.0. The minimum Gasteiger partial charge on any atom is -0.470 e. The molecule has 128 valence electrons. The molecule has 2 heterocycles. The van der Waals surface area contributed by atoms with Crippen molar-refractivity contribution >= 4 is 33.4 Å². The standard InChI is InChI=1S/C16H17BrClN3O3/c17-11-3-4-15(13(18)8-11)24-10-21-6-5-14(20-21)16(22)19-9-12-2-1-7-23-12/h3-6,8,12H,1-2,7,9-10H2,(H,19,22). The topological polar surface area (TPSA) is 65.4 Å². The van der Waals surface area contributed by atoms with Crippen LogP contribution in [0, 0.1) is 0 Å². The lowest BCUT2D eigenvalue weighted by Crippen LogP contribution is -2.32. The van der Waals surface area contributed by atoms with E-state index < -0.39 is 0 Å². The van der Waals surface area contributed by atoms with Crippen molar-refractivity contribution in [2.75, 3.05) is 13.2 Å². The fourth-order valence-electron chi connectivity index (χ4n) is 2.39. The number of hydrogen-bond donors (Lipinski definition) is 1. The summed E-state index contributed by atoms with van der Waals surface area (Å²) in [5.41, 5.74) is 0.346. The molecule has 1 saturated heterocycles. The zero-order chi connectivity index (χ0) is 16.9. The molecule has 0 radical (unpaired) electrons. The Labute approximate surface area is 153 Å². The van der Waals surface area contributed by atoms with Crippen molar-refractivity contribution in [1.82, 2.24) is 15.1 Å². The molecule has 0 spiro atoms. The van der Waals surface area contributed by atoms with Gasteiger partial charge in [0.1, 0.15) is 11.4 Å². The molecule has 2 aromatic rings. The summed E-state index contributed by atoms with van der Waals surface area (Å²) in [6.45, 7) is 1.45. The minimum absolute atomic E-state index is 0.110. The number of carbonyl (C=O) groups excluding carboxylic acids is 1. The molecule has 6 nitrogen and oxygen atoms in total. The Balaban J connectivity index is 1.51. The number of amides is 1. The van der Waals surface area contributed by atoms with Gasteiger partial charge in [-0.3, -0.25) is 4.79 Å². The largest absolute Gasteiger partial charge is 0.470 e. The Morgan fingerprint density at radius 1 is 1.50 bits per heavy atom. The van der Waals surface area contributed by atoms with E-state index >= 15 is 0 Å². The predicted molar refractivity (Wildman–Crippen MR) is 93.3 cm³/mol. The molecule has 1 N–H and O–H groups in total. The molecular formula is C16H17BrClN3O3. The van der Waals surface area contributed by atoms with Crippen molar-refractivity contribution in [3.63, 3.8) is 0 Å². The van der Waals surface area contributed by atoms with E-state index in [4.69, 9.17) is 21.1 Å². The molecule has 1 amide bonds. The summed E-state index contributed by atoms with van der Waals surface area (Å²) in [7, 11) is 0. The van der Waals surface area contributed by atoms with Crippen LogP contribution in [0.3, 0.4) is 0 Å². The second-order valence-corrected chi connectivity index (χ2v) is 6.76. The second-order valence-electron chi connectivity index (χ2n) is 5.43. The zero-order valence-electron chi connectivity index (χ0n) is 12.9. The number of ether oxygens (including phenoxy) is 2. The Hall–Kier alpha value is -1.57. The predicted octanol–water partition coefficient (Wildman–Crippen LogP) is 3.24. The van der Waals surface area contributed by atoms with Crippen molar-refractivity contribution in [2.24, 2.45) is 0 Å². The lowest BCUT2D eigenvalue weighted by Gasteiger charge is -2.10. The summed E-state index contributed by atoms with van der Waals surface area (Å²) >= 11 is 9.43. The van der Waals surface area contributed by atoms with Gasteiger partial charge in [-0.2, -0.15) is 5.10 Å².